The average molecular weight is 237 g/mol. The molecule has 1 unspecified atom stereocenters. The summed E-state index contributed by atoms with van der Waals surface area (Å²) < 4.78 is 4.92. The normalized spacial score (nSPS) is 12.4. The molecule has 1 rings (SSSR count). The van der Waals surface area contributed by atoms with Crippen molar-refractivity contribution in [2.24, 2.45) is 5.73 Å². The molecule has 0 saturated heterocycles. The summed E-state index contributed by atoms with van der Waals surface area (Å²) in [7, 11) is 1.62. The minimum atomic E-state index is -0.546. The molecular weight excluding hydrogens is 218 g/mol. The Morgan fingerprint density at radius 2 is 2.29 bits per heavy atom. The van der Waals surface area contributed by atoms with E-state index in [4.69, 9.17) is 16.2 Å². The fourth-order valence-corrected chi connectivity index (χ4v) is 1.66. The monoisotopic (exact) mass is 237 g/mol. The predicted molar refractivity (Wildman–Crippen MR) is 66.8 cm³/mol. The van der Waals surface area contributed by atoms with Crippen molar-refractivity contribution < 1.29 is 9.53 Å². The number of ketones is 1. The van der Waals surface area contributed by atoms with Crippen molar-refractivity contribution in [1.82, 2.24) is 4.98 Å². The van der Waals surface area contributed by atoms with Gasteiger partial charge >= 0.3 is 0 Å². The molecule has 1 atom stereocenters. The third kappa shape index (κ3) is 3.51. The first-order valence-corrected chi connectivity index (χ1v) is 5.57. The van der Waals surface area contributed by atoms with E-state index in [-0.39, 0.29) is 11.6 Å². The molecule has 0 saturated carbocycles. The number of methoxy groups -OCH3 is 1. The summed E-state index contributed by atoms with van der Waals surface area (Å²) in [4.78, 5) is 16.0. The van der Waals surface area contributed by atoms with Crippen molar-refractivity contribution in [2.45, 2.75) is 25.8 Å². The van der Waals surface area contributed by atoms with Crippen molar-refractivity contribution >= 4 is 11.6 Å². The third-order valence-corrected chi connectivity index (χ3v) is 2.64. The molecule has 5 heteroatoms. The van der Waals surface area contributed by atoms with E-state index in [0.717, 1.165) is 12.0 Å². The summed E-state index contributed by atoms with van der Waals surface area (Å²) >= 11 is 0. The van der Waals surface area contributed by atoms with E-state index in [1.54, 1.807) is 19.4 Å². The number of nitrogen functional groups attached to an aromatic ring is 1. The summed E-state index contributed by atoms with van der Waals surface area (Å²) in [5.74, 6) is 0.0985. The van der Waals surface area contributed by atoms with Gasteiger partial charge in [-0.15, -0.1) is 0 Å². The Balaban J connectivity index is 2.75. The number of nitrogens with zero attached hydrogens (tertiary/aromatic N) is 1. The molecule has 0 amide bonds. The maximum absolute atomic E-state index is 12.1. The topological polar surface area (TPSA) is 91.2 Å². The van der Waals surface area contributed by atoms with Crippen LogP contribution >= 0.6 is 0 Å². The molecule has 1 heterocycles. The fourth-order valence-electron chi connectivity index (χ4n) is 1.66. The number of Topliss-reactive ketones (excluding diaryl/α,β-unsaturated/α-hetero) is 1. The van der Waals surface area contributed by atoms with E-state index in [1.807, 2.05) is 6.92 Å². The van der Waals surface area contributed by atoms with Crippen molar-refractivity contribution in [2.75, 3.05) is 19.5 Å². The van der Waals surface area contributed by atoms with E-state index in [9.17, 15) is 4.79 Å². The van der Waals surface area contributed by atoms with Gasteiger partial charge in [0.05, 0.1) is 11.6 Å². The van der Waals surface area contributed by atoms with Gasteiger partial charge < -0.3 is 16.2 Å². The van der Waals surface area contributed by atoms with E-state index < -0.39 is 6.04 Å². The van der Waals surface area contributed by atoms with Crippen LogP contribution in [0, 0.1) is 6.92 Å². The lowest BCUT2D eigenvalue weighted by molar-refractivity contribution is 0.0950. The van der Waals surface area contributed by atoms with Crippen LogP contribution in [0.1, 0.15) is 28.8 Å². The molecule has 5 nitrogen and oxygen atoms in total. The minimum absolute atomic E-state index is 0.149. The van der Waals surface area contributed by atoms with Crippen molar-refractivity contribution in [1.29, 1.82) is 0 Å². The zero-order chi connectivity index (χ0) is 12.8. The maximum atomic E-state index is 12.1. The molecule has 0 fully saturated rings. The number of carbonyl (C=O) groups is 1. The van der Waals surface area contributed by atoms with Gasteiger partial charge in [0.1, 0.15) is 5.82 Å². The molecule has 0 aromatic carbocycles. The summed E-state index contributed by atoms with van der Waals surface area (Å²) in [5.41, 5.74) is 12.8. The Morgan fingerprint density at radius 3 is 2.88 bits per heavy atom. The maximum Gasteiger partial charge on any atom is 0.183 e. The van der Waals surface area contributed by atoms with Gasteiger partial charge in [0.25, 0.3) is 0 Å². The highest BCUT2D eigenvalue weighted by Gasteiger charge is 2.20. The number of nitrogens with two attached hydrogens (primary N) is 2. The number of pyridine rings is 1. The number of hydrogen-bond acceptors (Lipinski definition) is 5. The van der Waals surface area contributed by atoms with Crippen LogP contribution in [0.5, 0.6) is 0 Å². The fraction of sp³-hybridized carbons (Fsp3) is 0.500. The highest BCUT2D eigenvalue weighted by molar-refractivity contribution is 6.04. The second kappa shape index (κ2) is 6.32. The Labute approximate surface area is 101 Å². The molecule has 1 aromatic heterocycles. The third-order valence-electron chi connectivity index (χ3n) is 2.64. The highest BCUT2D eigenvalue weighted by atomic mass is 16.5. The van der Waals surface area contributed by atoms with Crippen LogP contribution in [0.4, 0.5) is 5.82 Å². The average Bonchev–Trinajstić information content (AvgIpc) is 2.28. The van der Waals surface area contributed by atoms with E-state index in [0.29, 0.717) is 18.6 Å². The molecule has 0 radical (unpaired) electrons. The van der Waals surface area contributed by atoms with Crippen LogP contribution < -0.4 is 11.5 Å². The molecule has 4 N–H and O–H groups in total. The Bertz CT molecular complexity index is 373. The lowest BCUT2D eigenvalue weighted by Gasteiger charge is -2.13. The SMILES string of the molecule is COCCCC(N)C(=O)c1c(C)ccnc1N. The predicted octanol–water partition coefficient (Wildman–Crippen LogP) is 0.909. The zero-order valence-electron chi connectivity index (χ0n) is 10.3. The zero-order valence-corrected chi connectivity index (χ0v) is 10.3. The molecule has 94 valence electrons. The Hall–Kier alpha value is -1.46. The highest BCUT2D eigenvalue weighted by Crippen LogP contribution is 2.16. The number of aromatic nitrogens is 1. The summed E-state index contributed by atoms with van der Waals surface area (Å²) in [6, 6.07) is 1.21. The number of aryl methyl sites for hydroxylation is 1. The molecule has 0 aliphatic carbocycles. The number of carbonyl (C=O) groups excluding carboxylic acids is 1. The van der Waals surface area contributed by atoms with Gasteiger partial charge in [0.2, 0.25) is 0 Å². The van der Waals surface area contributed by atoms with Gasteiger partial charge in [-0.05, 0) is 31.4 Å². The standard InChI is InChI=1S/C12H19N3O2/c1-8-5-6-15-12(14)10(8)11(16)9(13)4-3-7-17-2/h5-6,9H,3-4,7,13H2,1-2H3,(H2,14,15). The van der Waals surface area contributed by atoms with Gasteiger partial charge in [-0.25, -0.2) is 4.98 Å². The van der Waals surface area contributed by atoms with E-state index in [1.165, 1.54) is 0 Å². The first-order valence-electron chi connectivity index (χ1n) is 5.57. The van der Waals surface area contributed by atoms with Gasteiger partial charge in [-0.3, -0.25) is 4.79 Å². The number of ether oxygens (including phenoxy) is 1. The van der Waals surface area contributed by atoms with Gasteiger partial charge in [-0.2, -0.15) is 0 Å². The van der Waals surface area contributed by atoms with Crippen molar-refractivity contribution in [3.8, 4) is 0 Å². The molecule has 17 heavy (non-hydrogen) atoms. The lowest BCUT2D eigenvalue weighted by Crippen LogP contribution is -2.32. The van der Waals surface area contributed by atoms with Crippen LogP contribution in [-0.4, -0.2) is 30.5 Å². The quantitative estimate of drug-likeness (QED) is 0.566. The van der Waals surface area contributed by atoms with Gasteiger partial charge in [-0.1, -0.05) is 0 Å². The van der Waals surface area contributed by atoms with Crippen LogP contribution in [-0.2, 0) is 4.74 Å². The molecular formula is C12H19N3O2. The lowest BCUT2D eigenvalue weighted by atomic mass is 9.98. The van der Waals surface area contributed by atoms with Crippen LogP contribution in [0.3, 0.4) is 0 Å². The van der Waals surface area contributed by atoms with Gasteiger partial charge in [0.15, 0.2) is 5.78 Å². The van der Waals surface area contributed by atoms with Crippen LogP contribution in [0.2, 0.25) is 0 Å². The van der Waals surface area contributed by atoms with Gasteiger partial charge in [0, 0.05) is 19.9 Å². The molecule has 0 spiro atoms. The Kier molecular flexibility index (Phi) is 5.06. The van der Waals surface area contributed by atoms with Crippen molar-refractivity contribution in [3.05, 3.63) is 23.4 Å². The first kappa shape index (κ1) is 13.6. The number of hydrogen-bond donors (Lipinski definition) is 2. The summed E-state index contributed by atoms with van der Waals surface area (Å²) in [5, 5.41) is 0. The van der Waals surface area contributed by atoms with E-state index >= 15 is 0 Å². The number of anilines is 1. The smallest absolute Gasteiger partial charge is 0.183 e. The number of rotatable bonds is 6. The summed E-state index contributed by atoms with van der Waals surface area (Å²) in [6.45, 7) is 2.43. The molecule has 0 aliphatic rings. The molecule has 0 bridgehead atoms. The molecule has 1 aromatic rings. The van der Waals surface area contributed by atoms with Crippen LogP contribution in [0.25, 0.3) is 0 Å². The van der Waals surface area contributed by atoms with Crippen LogP contribution in [0.15, 0.2) is 12.3 Å². The van der Waals surface area contributed by atoms with E-state index in [2.05, 4.69) is 4.98 Å². The summed E-state index contributed by atoms with van der Waals surface area (Å²) in [6.07, 6.45) is 2.92. The molecule has 0 aliphatic heterocycles. The minimum Gasteiger partial charge on any atom is -0.385 e. The largest absolute Gasteiger partial charge is 0.385 e. The van der Waals surface area contributed by atoms with Crippen molar-refractivity contribution in [3.63, 3.8) is 0 Å². The first-order chi connectivity index (χ1) is 8.07. The second-order valence-electron chi connectivity index (χ2n) is 3.99. The second-order valence-corrected chi connectivity index (χ2v) is 3.99. The Morgan fingerprint density at radius 1 is 1.59 bits per heavy atom.